The van der Waals surface area contributed by atoms with Crippen LogP contribution in [0.1, 0.15) is 17.3 Å². The van der Waals surface area contributed by atoms with Crippen LogP contribution in [0.2, 0.25) is 10.0 Å². The van der Waals surface area contributed by atoms with Gasteiger partial charge in [-0.3, -0.25) is 9.69 Å². The topological polar surface area (TPSA) is 32.8 Å². The molecule has 0 aliphatic carbocycles. The summed E-state index contributed by atoms with van der Waals surface area (Å²) in [6.07, 6.45) is 0. The molecule has 0 N–H and O–H groups in total. The second-order valence-electron chi connectivity index (χ2n) is 7.56. The summed E-state index contributed by atoms with van der Waals surface area (Å²) in [6, 6.07) is 17.2. The molecule has 0 amide bonds. The first-order valence-electron chi connectivity index (χ1n) is 10.0. The summed E-state index contributed by atoms with van der Waals surface area (Å²) in [6.45, 7) is 5.38. The van der Waals surface area contributed by atoms with Gasteiger partial charge < -0.3 is 9.64 Å². The third kappa shape index (κ3) is 4.13. The van der Waals surface area contributed by atoms with E-state index in [9.17, 15) is 4.79 Å². The minimum atomic E-state index is -0.183. The number of benzene rings is 3. The lowest BCUT2D eigenvalue weighted by Crippen LogP contribution is -2.51. The third-order valence-electron chi connectivity index (χ3n) is 5.84. The minimum absolute atomic E-state index is 0.125. The molecule has 4 rings (SSSR count). The predicted molar refractivity (Wildman–Crippen MR) is 125 cm³/mol. The van der Waals surface area contributed by atoms with E-state index in [0.29, 0.717) is 16.3 Å². The van der Waals surface area contributed by atoms with Gasteiger partial charge in [0.2, 0.25) is 0 Å². The van der Waals surface area contributed by atoms with Crippen molar-refractivity contribution in [3.05, 3.63) is 70.2 Å². The fraction of sp³-hybridized carbons (Fsp3) is 0.292. The maximum Gasteiger partial charge on any atom is 0.179 e. The Labute approximate surface area is 186 Å². The molecule has 6 heteroatoms. The smallest absolute Gasteiger partial charge is 0.179 e. The Bertz CT molecular complexity index is 1080. The summed E-state index contributed by atoms with van der Waals surface area (Å²) in [7, 11) is 1.60. The first-order chi connectivity index (χ1) is 14.5. The van der Waals surface area contributed by atoms with Crippen molar-refractivity contribution in [3.8, 4) is 5.75 Å². The van der Waals surface area contributed by atoms with Crippen LogP contribution in [-0.4, -0.2) is 50.0 Å². The fourth-order valence-corrected chi connectivity index (χ4v) is 4.53. The number of ketones is 1. The molecule has 0 aromatic heterocycles. The second kappa shape index (κ2) is 8.84. The van der Waals surface area contributed by atoms with E-state index in [1.54, 1.807) is 7.11 Å². The molecule has 1 unspecified atom stereocenters. The predicted octanol–water partition coefficient (Wildman–Crippen LogP) is 5.55. The standard InChI is InChI=1S/C24H24Cl2N2O2/c1-16(27-10-12-28(13-11-27)20-5-3-4-19(25)15-20)24(29)18-6-8-21-17(14-18)7-9-22(30-2)23(21)26/h3-9,14-16H,10-13H2,1-2H3. The number of nitrogens with zero attached hydrogens (tertiary/aromatic N) is 2. The van der Waals surface area contributed by atoms with Crippen LogP contribution >= 0.6 is 23.2 Å². The monoisotopic (exact) mass is 442 g/mol. The Morgan fingerprint density at radius 1 is 1.00 bits per heavy atom. The number of rotatable bonds is 5. The van der Waals surface area contributed by atoms with Crippen molar-refractivity contribution >= 4 is 45.4 Å². The zero-order chi connectivity index (χ0) is 21.3. The van der Waals surface area contributed by atoms with Gasteiger partial charge in [-0.1, -0.05) is 47.5 Å². The molecule has 0 saturated carbocycles. The van der Waals surface area contributed by atoms with Crippen LogP contribution in [-0.2, 0) is 0 Å². The highest BCUT2D eigenvalue weighted by molar-refractivity contribution is 6.37. The Kier molecular flexibility index (Phi) is 6.19. The molecule has 1 saturated heterocycles. The maximum atomic E-state index is 13.2. The number of carbonyl (C=O) groups is 1. The van der Waals surface area contributed by atoms with Crippen LogP contribution < -0.4 is 9.64 Å². The highest BCUT2D eigenvalue weighted by Crippen LogP contribution is 2.33. The number of Topliss-reactive ketones (excluding diaryl/α,β-unsaturated/α-hetero) is 1. The molecule has 3 aromatic rings. The van der Waals surface area contributed by atoms with E-state index in [0.717, 1.165) is 47.7 Å². The molecule has 4 nitrogen and oxygen atoms in total. The molecule has 30 heavy (non-hydrogen) atoms. The normalized spacial score (nSPS) is 15.9. The molecule has 1 heterocycles. The quantitative estimate of drug-likeness (QED) is 0.485. The van der Waals surface area contributed by atoms with E-state index in [-0.39, 0.29) is 11.8 Å². The molecule has 3 aromatic carbocycles. The molecule has 0 spiro atoms. The molecule has 1 fully saturated rings. The minimum Gasteiger partial charge on any atom is -0.495 e. The van der Waals surface area contributed by atoms with Gasteiger partial charge in [-0.05, 0) is 42.6 Å². The number of piperazine rings is 1. The molecule has 1 atom stereocenters. The van der Waals surface area contributed by atoms with E-state index in [1.165, 1.54) is 0 Å². The van der Waals surface area contributed by atoms with E-state index < -0.39 is 0 Å². The number of carbonyl (C=O) groups excluding carboxylic acids is 1. The third-order valence-corrected chi connectivity index (χ3v) is 6.46. The van der Waals surface area contributed by atoms with E-state index >= 15 is 0 Å². The van der Waals surface area contributed by atoms with Gasteiger partial charge in [0.1, 0.15) is 5.75 Å². The number of halogens is 2. The second-order valence-corrected chi connectivity index (χ2v) is 8.38. The molecular formula is C24H24Cl2N2O2. The van der Waals surface area contributed by atoms with Gasteiger partial charge in [0.05, 0.1) is 18.2 Å². The fourth-order valence-electron chi connectivity index (χ4n) is 4.03. The van der Waals surface area contributed by atoms with Crippen LogP contribution in [0.5, 0.6) is 5.75 Å². The van der Waals surface area contributed by atoms with Gasteiger partial charge >= 0.3 is 0 Å². The Morgan fingerprint density at radius 3 is 2.47 bits per heavy atom. The average molecular weight is 443 g/mol. The number of hydrogen-bond donors (Lipinski definition) is 0. The molecule has 1 aliphatic heterocycles. The van der Waals surface area contributed by atoms with Crippen molar-refractivity contribution in [2.24, 2.45) is 0 Å². The lowest BCUT2D eigenvalue weighted by Gasteiger charge is -2.38. The number of fused-ring (bicyclic) bond motifs is 1. The van der Waals surface area contributed by atoms with E-state index in [1.807, 2.05) is 55.5 Å². The largest absolute Gasteiger partial charge is 0.495 e. The average Bonchev–Trinajstić information content (AvgIpc) is 2.78. The zero-order valence-corrected chi connectivity index (χ0v) is 18.6. The van der Waals surface area contributed by atoms with Crippen molar-refractivity contribution in [1.82, 2.24) is 4.90 Å². The van der Waals surface area contributed by atoms with E-state index in [4.69, 9.17) is 27.9 Å². The van der Waals surface area contributed by atoms with Gasteiger partial charge in [-0.25, -0.2) is 0 Å². The summed E-state index contributed by atoms with van der Waals surface area (Å²) in [5, 5.41) is 3.13. The van der Waals surface area contributed by atoms with Crippen molar-refractivity contribution in [1.29, 1.82) is 0 Å². The van der Waals surface area contributed by atoms with Gasteiger partial charge in [0, 0.05) is 47.8 Å². The zero-order valence-electron chi connectivity index (χ0n) is 17.1. The Balaban J connectivity index is 1.46. The van der Waals surface area contributed by atoms with Gasteiger partial charge in [0.15, 0.2) is 5.78 Å². The summed E-state index contributed by atoms with van der Waals surface area (Å²) < 4.78 is 5.28. The highest BCUT2D eigenvalue weighted by Gasteiger charge is 2.26. The van der Waals surface area contributed by atoms with Crippen LogP contribution in [0.4, 0.5) is 5.69 Å². The van der Waals surface area contributed by atoms with Crippen molar-refractivity contribution in [2.75, 3.05) is 38.2 Å². The molecule has 0 bridgehead atoms. The van der Waals surface area contributed by atoms with Crippen LogP contribution in [0.15, 0.2) is 54.6 Å². The van der Waals surface area contributed by atoms with E-state index in [2.05, 4.69) is 15.9 Å². The lowest BCUT2D eigenvalue weighted by atomic mass is 9.99. The SMILES string of the molecule is COc1ccc2cc(C(=O)C(C)N3CCN(c4cccc(Cl)c4)CC3)ccc2c1Cl. The summed E-state index contributed by atoms with van der Waals surface area (Å²) in [5.74, 6) is 0.759. The van der Waals surface area contributed by atoms with Crippen LogP contribution in [0.3, 0.4) is 0 Å². The van der Waals surface area contributed by atoms with Crippen molar-refractivity contribution in [2.45, 2.75) is 13.0 Å². The van der Waals surface area contributed by atoms with Gasteiger partial charge in [-0.15, -0.1) is 0 Å². The summed E-state index contributed by atoms with van der Waals surface area (Å²) in [4.78, 5) is 17.7. The number of ether oxygens (including phenoxy) is 1. The first kappa shape index (κ1) is 21.0. The highest BCUT2D eigenvalue weighted by atomic mass is 35.5. The molecule has 1 aliphatic rings. The van der Waals surface area contributed by atoms with Crippen molar-refractivity contribution in [3.63, 3.8) is 0 Å². The van der Waals surface area contributed by atoms with Gasteiger partial charge in [0.25, 0.3) is 0 Å². The summed E-state index contributed by atoms with van der Waals surface area (Å²) in [5.41, 5.74) is 1.83. The summed E-state index contributed by atoms with van der Waals surface area (Å²) >= 11 is 12.5. The number of methoxy groups -OCH3 is 1. The van der Waals surface area contributed by atoms with Crippen LogP contribution in [0.25, 0.3) is 10.8 Å². The molecular weight excluding hydrogens is 419 g/mol. The lowest BCUT2D eigenvalue weighted by molar-refractivity contribution is 0.0830. The Morgan fingerprint density at radius 2 is 1.77 bits per heavy atom. The number of hydrogen-bond acceptors (Lipinski definition) is 4. The first-order valence-corrected chi connectivity index (χ1v) is 10.8. The van der Waals surface area contributed by atoms with Crippen molar-refractivity contribution < 1.29 is 9.53 Å². The van der Waals surface area contributed by atoms with Crippen LogP contribution in [0, 0.1) is 0 Å². The molecule has 156 valence electrons. The molecule has 0 radical (unpaired) electrons. The Hall–Kier alpha value is -2.27. The number of anilines is 1. The maximum absolute atomic E-state index is 13.2. The van der Waals surface area contributed by atoms with Gasteiger partial charge in [-0.2, -0.15) is 0 Å².